The van der Waals surface area contributed by atoms with Gasteiger partial charge in [-0.3, -0.25) is 9.69 Å². The fourth-order valence-corrected chi connectivity index (χ4v) is 4.62. The Labute approximate surface area is 185 Å². The second kappa shape index (κ2) is 10.8. The van der Waals surface area contributed by atoms with E-state index in [0.717, 1.165) is 56.9 Å². The highest BCUT2D eigenvalue weighted by Gasteiger charge is 2.33. The van der Waals surface area contributed by atoms with Gasteiger partial charge in [-0.05, 0) is 36.9 Å². The fourth-order valence-electron chi connectivity index (χ4n) is 4.62. The van der Waals surface area contributed by atoms with E-state index in [-0.39, 0.29) is 24.9 Å². The van der Waals surface area contributed by atoms with Gasteiger partial charge in [0, 0.05) is 44.2 Å². The molecule has 2 aliphatic rings. The standard InChI is InChI=1S/C24H31N3O2.ClH/c25-14-21-16-26(17-22(21)19-8-2-1-3-9-19)15-20-10-4-5-11-23(20)29-18-24(28)27-12-6-7-13-27;/h1-5,8-11,21-22H,6-7,12-18,25H2;1H/t21-,22+;/m1./s1. The number of hydrogen-bond acceptors (Lipinski definition) is 4. The van der Waals surface area contributed by atoms with Crippen LogP contribution in [0.15, 0.2) is 54.6 Å². The molecule has 6 heteroatoms. The first-order chi connectivity index (χ1) is 14.2. The maximum Gasteiger partial charge on any atom is 0.260 e. The van der Waals surface area contributed by atoms with E-state index >= 15 is 0 Å². The van der Waals surface area contributed by atoms with Crippen molar-refractivity contribution < 1.29 is 9.53 Å². The van der Waals surface area contributed by atoms with E-state index in [4.69, 9.17) is 10.5 Å². The van der Waals surface area contributed by atoms with Crippen LogP contribution in [0.5, 0.6) is 5.75 Å². The molecule has 2 atom stereocenters. The third kappa shape index (κ3) is 5.34. The number of carbonyl (C=O) groups is 1. The summed E-state index contributed by atoms with van der Waals surface area (Å²) in [5.41, 5.74) is 8.59. The topological polar surface area (TPSA) is 58.8 Å². The van der Waals surface area contributed by atoms with Gasteiger partial charge >= 0.3 is 0 Å². The lowest BCUT2D eigenvalue weighted by Crippen LogP contribution is -2.32. The summed E-state index contributed by atoms with van der Waals surface area (Å²) in [6, 6.07) is 18.8. The Balaban J connectivity index is 0.00000256. The molecule has 2 N–H and O–H groups in total. The van der Waals surface area contributed by atoms with Crippen molar-refractivity contribution in [2.45, 2.75) is 25.3 Å². The van der Waals surface area contributed by atoms with Gasteiger partial charge in [0.2, 0.25) is 0 Å². The van der Waals surface area contributed by atoms with Gasteiger partial charge in [0.05, 0.1) is 0 Å². The molecule has 0 aliphatic carbocycles. The van der Waals surface area contributed by atoms with Crippen molar-refractivity contribution in [3.63, 3.8) is 0 Å². The Morgan fingerprint density at radius 2 is 1.70 bits per heavy atom. The first-order valence-electron chi connectivity index (χ1n) is 10.7. The number of carbonyl (C=O) groups excluding carboxylic acids is 1. The van der Waals surface area contributed by atoms with Crippen LogP contribution in [0.4, 0.5) is 0 Å². The third-order valence-corrected chi connectivity index (χ3v) is 6.22. The van der Waals surface area contributed by atoms with Crippen molar-refractivity contribution in [1.29, 1.82) is 0 Å². The number of para-hydroxylation sites is 1. The lowest BCUT2D eigenvalue weighted by molar-refractivity contribution is -0.132. The molecule has 2 aliphatic heterocycles. The Bertz CT molecular complexity index is 811. The van der Waals surface area contributed by atoms with Crippen molar-refractivity contribution in [2.75, 3.05) is 39.3 Å². The van der Waals surface area contributed by atoms with Crippen LogP contribution in [0.2, 0.25) is 0 Å². The van der Waals surface area contributed by atoms with Crippen LogP contribution >= 0.6 is 12.4 Å². The molecular formula is C24H32ClN3O2. The van der Waals surface area contributed by atoms with Gasteiger partial charge < -0.3 is 15.4 Å². The van der Waals surface area contributed by atoms with Gasteiger partial charge in [0.15, 0.2) is 6.61 Å². The zero-order chi connectivity index (χ0) is 20.1. The SMILES string of the molecule is Cl.NC[C@@H]1CN(Cc2ccccc2OCC(=O)N2CCCC2)C[C@H]1c1ccccc1. The molecule has 0 aromatic heterocycles. The van der Waals surface area contributed by atoms with E-state index in [1.54, 1.807) is 0 Å². The molecule has 2 fully saturated rings. The monoisotopic (exact) mass is 429 g/mol. The van der Waals surface area contributed by atoms with Gasteiger partial charge in [-0.15, -0.1) is 12.4 Å². The van der Waals surface area contributed by atoms with E-state index in [2.05, 4.69) is 41.3 Å². The molecule has 4 rings (SSSR count). The number of halogens is 1. The largest absolute Gasteiger partial charge is 0.483 e. The Hall–Kier alpha value is -2.08. The van der Waals surface area contributed by atoms with E-state index in [9.17, 15) is 4.79 Å². The highest BCUT2D eigenvalue weighted by atomic mass is 35.5. The molecule has 0 unspecified atom stereocenters. The maximum absolute atomic E-state index is 12.3. The molecule has 30 heavy (non-hydrogen) atoms. The van der Waals surface area contributed by atoms with Crippen molar-refractivity contribution in [1.82, 2.24) is 9.80 Å². The number of nitrogens with two attached hydrogens (primary N) is 1. The predicted molar refractivity (Wildman–Crippen MR) is 122 cm³/mol. The van der Waals surface area contributed by atoms with Crippen LogP contribution in [0.3, 0.4) is 0 Å². The molecule has 0 saturated carbocycles. The van der Waals surface area contributed by atoms with E-state index in [0.29, 0.717) is 18.4 Å². The van der Waals surface area contributed by atoms with E-state index < -0.39 is 0 Å². The highest BCUT2D eigenvalue weighted by Crippen LogP contribution is 2.33. The Morgan fingerprint density at radius 3 is 2.43 bits per heavy atom. The first kappa shape index (κ1) is 22.6. The van der Waals surface area contributed by atoms with Crippen LogP contribution in [0.25, 0.3) is 0 Å². The lowest BCUT2D eigenvalue weighted by Gasteiger charge is -2.20. The molecule has 5 nitrogen and oxygen atoms in total. The van der Waals surface area contributed by atoms with Crippen LogP contribution < -0.4 is 10.5 Å². The summed E-state index contributed by atoms with van der Waals surface area (Å²) in [5, 5.41) is 0. The number of likely N-dealkylation sites (tertiary alicyclic amines) is 2. The van der Waals surface area contributed by atoms with E-state index in [1.807, 2.05) is 23.1 Å². The fraction of sp³-hybridized carbons (Fsp3) is 0.458. The molecule has 0 radical (unpaired) electrons. The normalized spacial score (nSPS) is 21.4. The summed E-state index contributed by atoms with van der Waals surface area (Å²) in [4.78, 5) is 16.7. The predicted octanol–water partition coefficient (Wildman–Crippen LogP) is 3.28. The molecular weight excluding hydrogens is 398 g/mol. The second-order valence-electron chi connectivity index (χ2n) is 8.19. The van der Waals surface area contributed by atoms with Gasteiger partial charge in [-0.2, -0.15) is 0 Å². The van der Waals surface area contributed by atoms with Crippen molar-refractivity contribution >= 4 is 18.3 Å². The van der Waals surface area contributed by atoms with Gasteiger partial charge in [-0.1, -0.05) is 48.5 Å². The number of amides is 1. The van der Waals surface area contributed by atoms with Gasteiger partial charge in [0.1, 0.15) is 5.75 Å². The average molecular weight is 430 g/mol. The maximum atomic E-state index is 12.3. The van der Waals surface area contributed by atoms with Crippen LogP contribution in [-0.4, -0.2) is 55.0 Å². The summed E-state index contributed by atoms with van der Waals surface area (Å²) in [6.07, 6.45) is 2.20. The van der Waals surface area contributed by atoms with Gasteiger partial charge in [-0.25, -0.2) is 0 Å². The summed E-state index contributed by atoms with van der Waals surface area (Å²) in [7, 11) is 0. The Morgan fingerprint density at radius 1 is 1.00 bits per heavy atom. The minimum Gasteiger partial charge on any atom is -0.483 e. The smallest absolute Gasteiger partial charge is 0.260 e. The van der Waals surface area contributed by atoms with Crippen LogP contribution in [-0.2, 0) is 11.3 Å². The number of ether oxygens (including phenoxy) is 1. The minimum absolute atomic E-state index is 0. The molecule has 1 amide bonds. The van der Waals surface area contributed by atoms with Crippen molar-refractivity contribution in [3.05, 3.63) is 65.7 Å². The average Bonchev–Trinajstić information content (AvgIpc) is 3.44. The zero-order valence-electron chi connectivity index (χ0n) is 17.4. The summed E-state index contributed by atoms with van der Waals surface area (Å²) in [6.45, 7) is 5.32. The zero-order valence-corrected chi connectivity index (χ0v) is 18.2. The minimum atomic E-state index is 0. The quantitative estimate of drug-likeness (QED) is 0.733. The molecule has 2 aromatic rings. The highest BCUT2D eigenvalue weighted by molar-refractivity contribution is 5.85. The van der Waals surface area contributed by atoms with Crippen LogP contribution in [0, 0.1) is 5.92 Å². The molecule has 0 spiro atoms. The summed E-state index contributed by atoms with van der Waals surface area (Å²) in [5.74, 6) is 1.83. The Kier molecular flexibility index (Phi) is 8.14. The first-order valence-corrected chi connectivity index (χ1v) is 10.7. The molecule has 0 bridgehead atoms. The number of rotatable bonds is 7. The number of hydrogen-bond donors (Lipinski definition) is 1. The van der Waals surface area contributed by atoms with Crippen LogP contribution in [0.1, 0.15) is 29.9 Å². The molecule has 162 valence electrons. The molecule has 2 saturated heterocycles. The lowest BCUT2D eigenvalue weighted by atomic mass is 9.89. The van der Waals surface area contributed by atoms with E-state index in [1.165, 1.54) is 5.56 Å². The van der Waals surface area contributed by atoms with Crippen molar-refractivity contribution in [2.24, 2.45) is 11.7 Å². The van der Waals surface area contributed by atoms with Crippen molar-refractivity contribution in [3.8, 4) is 5.75 Å². The summed E-state index contributed by atoms with van der Waals surface area (Å²) >= 11 is 0. The third-order valence-electron chi connectivity index (χ3n) is 6.22. The van der Waals surface area contributed by atoms with Gasteiger partial charge in [0.25, 0.3) is 5.91 Å². The molecule has 2 heterocycles. The number of benzene rings is 2. The number of nitrogens with zero attached hydrogens (tertiary/aromatic N) is 2. The summed E-state index contributed by atoms with van der Waals surface area (Å²) < 4.78 is 5.94. The molecule has 2 aromatic carbocycles. The second-order valence-corrected chi connectivity index (χ2v) is 8.19.